The van der Waals surface area contributed by atoms with Gasteiger partial charge in [0, 0.05) is 0 Å². The van der Waals surface area contributed by atoms with E-state index in [1.165, 1.54) is 0 Å². The van der Waals surface area contributed by atoms with Crippen molar-refractivity contribution in [2.45, 2.75) is 19.5 Å². The molecular weight excluding hydrogens is 229 g/mol. The molecule has 0 aromatic carbocycles. The van der Waals surface area contributed by atoms with Gasteiger partial charge in [0.2, 0.25) is 5.78 Å². The zero-order valence-corrected chi connectivity index (χ0v) is 8.69. The van der Waals surface area contributed by atoms with Gasteiger partial charge in [-0.2, -0.15) is 24.5 Å². The van der Waals surface area contributed by atoms with Gasteiger partial charge in [0.15, 0.2) is 0 Å². The summed E-state index contributed by atoms with van der Waals surface area (Å²) in [5.74, 6) is -2.76. The third-order valence-corrected chi connectivity index (χ3v) is 1.78. The van der Waals surface area contributed by atoms with Crippen molar-refractivity contribution in [1.82, 2.24) is 0 Å². The van der Waals surface area contributed by atoms with Gasteiger partial charge in [-0.1, -0.05) is 12.1 Å². The number of carbonyl (C=O) groups is 2. The Morgan fingerprint density at radius 3 is 1.80 bits per heavy atom. The highest BCUT2D eigenvalue weighted by Crippen LogP contribution is 2.17. The first kappa shape index (κ1) is 13.8. The maximum atomic E-state index is 11.3. The fourth-order valence-corrected chi connectivity index (χ4v) is 1.01. The van der Waals surface area contributed by atoms with Crippen LogP contribution >= 0.6 is 11.3 Å². The molecule has 0 unspecified atom stereocenters. The topological polar surface area (TPSA) is 34.1 Å². The van der Waals surface area contributed by atoms with E-state index in [4.69, 9.17) is 0 Å². The predicted molar refractivity (Wildman–Crippen MR) is 50.7 cm³/mol. The summed E-state index contributed by atoms with van der Waals surface area (Å²) in [6, 6.07) is 4.04. The number of rotatable bonds is 2. The van der Waals surface area contributed by atoms with E-state index in [0.717, 1.165) is 6.92 Å². The Labute approximate surface area is 88.7 Å². The fraction of sp³-hybridized carbons (Fsp3) is 0.333. The van der Waals surface area contributed by atoms with E-state index in [-0.39, 0.29) is 0 Å². The molecule has 0 atom stereocenters. The van der Waals surface area contributed by atoms with Gasteiger partial charge < -0.3 is 0 Å². The Morgan fingerprint density at radius 1 is 1.20 bits per heavy atom. The van der Waals surface area contributed by atoms with Crippen molar-refractivity contribution < 1.29 is 22.8 Å². The lowest BCUT2D eigenvalue weighted by Crippen LogP contribution is -2.24. The molecule has 0 aliphatic carbocycles. The number of ketones is 2. The molecule has 2 nitrogen and oxygen atoms in total. The van der Waals surface area contributed by atoms with Gasteiger partial charge >= 0.3 is 6.18 Å². The SMILES string of the molecule is CC(=O)CC(=O)C(F)(F)F.c1ccsc1. The third kappa shape index (κ3) is 7.87. The molecule has 0 N–H and O–H groups in total. The van der Waals surface area contributed by atoms with Crippen LogP contribution in [-0.4, -0.2) is 17.7 Å². The standard InChI is InChI=1S/C5H5F3O2.C4H4S/c1-3(9)2-4(10)5(6,7)8;1-2-4-5-3-1/h2H2,1H3;1-4H. The number of carbonyl (C=O) groups excluding carboxylic acids is 2. The fourth-order valence-electron chi connectivity index (χ4n) is 0.553. The minimum absolute atomic E-state index is 0.776. The minimum atomic E-state index is -4.87. The molecule has 1 rings (SSSR count). The number of alkyl halides is 3. The van der Waals surface area contributed by atoms with E-state index in [1.807, 2.05) is 22.9 Å². The highest BCUT2D eigenvalue weighted by Gasteiger charge is 2.38. The van der Waals surface area contributed by atoms with E-state index in [1.54, 1.807) is 11.3 Å². The van der Waals surface area contributed by atoms with Gasteiger partial charge in [-0.15, -0.1) is 0 Å². The molecule has 0 amide bonds. The van der Waals surface area contributed by atoms with Crippen LogP contribution < -0.4 is 0 Å². The van der Waals surface area contributed by atoms with Crippen molar-refractivity contribution in [2.24, 2.45) is 0 Å². The first-order chi connectivity index (χ1) is 6.84. The van der Waals surface area contributed by atoms with E-state index >= 15 is 0 Å². The molecule has 0 fully saturated rings. The molecule has 0 spiro atoms. The van der Waals surface area contributed by atoms with Gasteiger partial charge in [-0.3, -0.25) is 9.59 Å². The zero-order chi connectivity index (χ0) is 11.9. The van der Waals surface area contributed by atoms with Crippen LogP contribution in [0.4, 0.5) is 13.2 Å². The van der Waals surface area contributed by atoms with Crippen LogP contribution in [-0.2, 0) is 9.59 Å². The maximum absolute atomic E-state index is 11.3. The molecule has 0 saturated carbocycles. The largest absolute Gasteiger partial charge is 0.450 e. The summed E-state index contributed by atoms with van der Waals surface area (Å²) in [5.41, 5.74) is 0. The number of thiophene rings is 1. The number of hydrogen-bond donors (Lipinski definition) is 0. The maximum Gasteiger partial charge on any atom is 0.450 e. The van der Waals surface area contributed by atoms with Crippen LogP contribution in [0.25, 0.3) is 0 Å². The summed E-state index contributed by atoms with van der Waals surface area (Å²) >= 11 is 1.71. The molecule has 0 bridgehead atoms. The Kier molecular flexibility index (Phi) is 5.84. The van der Waals surface area contributed by atoms with Crippen LogP contribution in [0.1, 0.15) is 13.3 Å². The van der Waals surface area contributed by atoms with Crippen molar-refractivity contribution in [2.75, 3.05) is 0 Å². The molecule has 1 aromatic heterocycles. The van der Waals surface area contributed by atoms with Crippen LogP contribution in [0, 0.1) is 0 Å². The lowest BCUT2D eigenvalue weighted by molar-refractivity contribution is -0.171. The van der Waals surface area contributed by atoms with E-state index in [2.05, 4.69) is 0 Å². The van der Waals surface area contributed by atoms with Crippen molar-refractivity contribution >= 4 is 22.9 Å². The average molecular weight is 238 g/mol. The zero-order valence-electron chi connectivity index (χ0n) is 7.88. The Balaban J connectivity index is 0.000000322. The second-order valence-electron chi connectivity index (χ2n) is 2.59. The smallest absolute Gasteiger partial charge is 0.300 e. The summed E-state index contributed by atoms with van der Waals surface area (Å²) in [6.07, 6.45) is -5.92. The molecule has 1 aromatic rings. The van der Waals surface area contributed by atoms with Gasteiger partial charge in [-0.25, -0.2) is 0 Å². The van der Waals surface area contributed by atoms with Crippen LogP contribution in [0.5, 0.6) is 0 Å². The second kappa shape index (κ2) is 6.34. The number of halogens is 3. The third-order valence-electron chi connectivity index (χ3n) is 1.15. The summed E-state index contributed by atoms with van der Waals surface area (Å²) in [5, 5.41) is 4.08. The average Bonchev–Trinajstić information content (AvgIpc) is 2.57. The highest BCUT2D eigenvalue weighted by molar-refractivity contribution is 7.07. The predicted octanol–water partition coefficient (Wildman–Crippen LogP) is 2.85. The molecule has 1 heterocycles. The first-order valence-corrected chi connectivity index (χ1v) is 4.85. The molecule has 0 saturated heterocycles. The second-order valence-corrected chi connectivity index (χ2v) is 3.41. The lowest BCUT2D eigenvalue weighted by Gasteiger charge is -2.00. The summed E-state index contributed by atoms with van der Waals surface area (Å²) < 4.78 is 33.9. The highest BCUT2D eigenvalue weighted by atomic mass is 32.1. The first-order valence-electron chi connectivity index (χ1n) is 3.90. The van der Waals surface area contributed by atoms with Crippen molar-refractivity contribution in [3.8, 4) is 0 Å². The van der Waals surface area contributed by atoms with Crippen LogP contribution in [0.15, 0.2) is 22.9 Å². The Morgan fingerprint density at radius 2 is 1.67 bits per heavy atom. The molecule has 0 aliphatic rings. The van der Waals surface area contributed by atoms with Gasteiger partial charge in [-0.05, 0) is 17.7 Å². The summed E-state index contributed by atoms with van der Waals surface area (Å²) in [7, 11) is 0. The van der Waals surface area contributed by atoms with Crippen molar-refractivity contribution in [3.05, 3.63) is 22.9 Å². The molecule has 15 heavy (non-hydrogen) atoms. The van der Waals surface area contributed by atoms with E-state index in [0.29, 0.717) is 0 Å². The molecule has 0 aliphatic heterocycles. The van der Waals surface area contributed by atoms with E-state index in [9.17, 15) is 22.8 Å². The molecule has 0 radical (unpaired) electrons. The van der Waals surface area contributed by atoms with Crippen LogP contribution in [0.2, 0.25) is 0 Å². The van der Waals surface area contributed by atoms with Crippen LogP contribution in [0.3, 0.4) is 0 Å². The lowest BCUT2D eigenvalue weighted by atomic mass is 10.2. The monoisotopic (exact) mass is 238 g/mol. The van der Waals surface area contributed by atoms with Crippen molar-refractivity contribution in [3.63, 3.8) is 0 Å². The minimum Gasteiger partial charge on any atom is -0.300 e. The van der Waals surface area contributed by atoms with Gasteiger partial charge in [0.1, 0.15) is 5.78 Å². The quantitative estimate of drug-likeness (QED) is 0.742. The molecule has 6 heteroatoms. The normalized spacial score (nSPS) is 10.1. The van der Waals surface area contributed by atoms with E-state index < -0.39 is 24.2 Å². The Bertz CT molecular complexity index is 286. The number of Topliss-reactive ketones (excluding diaryl/α,β-unsaturated/α-hetero) is 2. The molecule has 84 valence electrons. The summed E-state index contributed by atoms with van der Waals surface area (Å²) in [4.78, 5) is 19.9. The molecular formula is C9H9F3O2S. The Hall–Kier alpha value is -1.17. The van der Waals surface area contributed by atoms with Gasteiger partial charge in [0.05, 0.1) is 6.42 Å². The number of hydrogen-bond acceptors (Lipinski definition) is 3. The summed E-state index contributed by atoms with van der Waals surface area (Å²) in [6.45, 7) is 0.934. The van der Waals surface area contributed by atoms with Crippen molar-refractivity contribution in [1.29, 1.82) is 0 Å². The van der Waals surface area contributed by atoms with Gasteiger partial charge in [0.25, 0.3) is 0 Å².